The molecule has 1 saturated heterocycles. The quantitative estimate of drug-likeness (QED) is 0.638. The molecule has 3 heterocycles. The first-order valence-electron chi connectivity index (χ1n) is 9.15. The Morgan fingerprint density at radius 1 is 1.36 bits per heavy atom. The van der Waals surface area contributed by atoms with E-state index in [1.807, 2.05) is 30.3 Å². The Hall–Kier alpha value is -2.78. The fourth-order valence-electron chi connectivity index (χ4n) is 3.34. The number of hydrogen-bond donors (Lipinski definition) is 1. The summed E-state index contributed by atoms with van der Waals surface area (Å²) in [6, 6.07) is 9.70. The molecule has 28 heavy (non-hydrogen) atoms. The predicted molar refractivity (Wildman–Crippen MR) is 109 cm³/mol. The summed E-state index contributed by atoms with van der Waals surface area (Å²) in [5, 5.41) is 5.43. The monoisotopic (exact) mass is 398 g/mol. The van der Waals surface area contributed by atoms with Crippen molar-refractivity contribution < 1.29 is 9.63 Å². The maximum Gasteiger partial charge on any atom is 0.243 e. The van der Waals surface area contributed by atoms with Gasteiger partial charge in [-0.25, -0.2) is 15.0 Å². The van der Waals surface area contributed by atoms with Crippen LogP contribution in [-0.2, 0) is 16.2 Å². The van der Waals surface area contributed by atoms with Gasteiger partial charge in [-0.1, -0.05) is 41.7 Å². The number of fused-ring (bicyclic) bond motifs is 1. The van der Waals surface area contributed by atoms with Crippen molar-refractivity contribution in [3.63, 3.8) is 0 Å². The summed E-state index contributed by atoms with van der Waals surface area (Å²) in [5.74, 6) is 0.696. The third-order valence-electron chi connectivity index (χ3n) is 4.84. The van der Waals surface area contributed by atoms with Gasteiger partial charge in [0, 0.05) is 20.1 Å². The third kappa shape index (κ3) is 3.63. The molecule has 0 radical (unpaired) electrons. The average molecular weight is 398 g/mol. The third-order valence-corrected chi connectivity index (χ3v) is 5.92. The van der Waals surface area contributed by atoms with Crippen molar-refractivity contribution in [2.75, 3.05) is 30.7 Å². The Labute approximate surface area is 167 Å². The Morgan fingerprint density at radius 3 is 2.96 bits per heavy atom. The van der Waals surface area contributed by atoms with Gasteiger partial charge in [0.25, 0.3) is 0 Å². The topological polar surface area (TPSA) is 83.5 Å². The largest absolute Gasteiger partial charge is 0.350 e. The van der Waals surface area contributed by atoms with Crippen molar-refractivity contribution in [2.45, 2.75) is 25.4 Å². The van der Waals surface area contributed by atoms with Crippen LogP contribution in [-0.4, -0.2) is 47.6 Å². The Balaban J connectivity index is 1.54. The second-order valence-corrected chi connectivity index (χ2v) is 7.56. The van der Waals surface area contributed by atoms with Gasteiger partial charge in [0.1, 0.15) is 17.1 Å². The molecule has 9 heteroatoms. The van der Waals surface area contributed by atoms with Crippen LogP contribution in [0.15, 0.2) is 36.7 Å². The number of nitrogens with one attached hydrogen (secondary N) is 1. The number of hydroxylamine groups is 1. The first kappa shape index (κ1) is 18.6. The number of aromatic nitrogens is 3. The van der Waals surface area contributed by atoms with Gasteiger partial charge in [0.15, 0.2) is 16.6 Å². The fourth-order valence-corrected chi connectivity index (χ4v) is 4.45. The molecule has 2 aromatic heterocycles. The van der Waals surface area contributed by atoms with Crippen molar-refractivity contribution in [2.24, 2.45) is 0 Å². The average Bonchev–Trinajstić information content (AvgIpc) is 3.38. The number of thiazole rings is 1. The zero-order valence-corrected chi connectivity index (χ0v) is 16.6. The molecule has 1 atom stereocenters. The molecule has 1 aliphatic heterocycles. The highest BCUT2D eigenvalue weighted by atomic mass is 32.1. The highest BCUT2D eigenvalue weighted by Crippen LogP contribution is 2.36. The number of carbonyl (C=O) groups excluding carboxylic acids is 1. The summed E-state index contributed by atoms with van der Waals surface area (Å²) >= 11 is 1.49. The number of carbonyl (C=O) groups is 1. The predicted octanol–water partition coefficient (Wildman–Crippen LogP) is 2.37. The number of rotatable bonds is 6. The van der Waals surface area contributed by atoms with E-state index in [0.29, 0.717) is 18.0 Å². The van der Waals surface area contributed by atoms with Gasteiger partial charge in [-0.15, -0.1) is 0 Å². The van der Waals surface area contributed by atoms with Crippen LogP contribution in [0.2, 0.25) is 0 Å². The van der Waals surface area contributed by atoms with E-state index < -0.39 is 0 Å². The summed E-state index contributed by atoms with van der Waals surface area (Å²) < 4.78 is 0.845. The molecule has 3 aromatic rings. The van der Waals surface area contributed by atoms with E-state index in [4.69, 9.17) is 4.84 Å². The Morgan fingerprint density at radius 2 is 2.18 bits per heavy atom. The zero-order valence-electron chi connectivity index (χ0n) is 15.8. The van der Waals surface area contributed by atoms with Gasteiger partial charge in [-0.05, 0) is 18.4 Å². The van der Waals surface area contributed by atoms with Crippen LogP contribution in [0, 0.1) is 0 Å². The fraction of sp³-hybridized carbons (Fsp3) is 0.368. The van der Waals surface area contributed by atoms with Crippen molar-refractivity contribution in [3.05, 3.63) is 42.2 Å². The summed E-state index contributed by atoms with van der Waals surface area (Å²) in [4.78, 5) is 33.4. The molecular weight excluding hydrogens is 376 g/mol. The Bertz CT molecular complexity index is 963. The number of nitrogens with zero attached hydrogens (tertiary/aromatic N) is 5. The maximum atomic E-state index is 12.8. The van der Waals surface area contributed by atoms with Crippen molar-refractivity contribution >= 4 is 38.5 Å². The first-order valence-corrected chi connectivity index (χ1v) is 9.96. The van der Waals surface area contributed by atoms with Crippen LogP contribution >= 0.6 is 11.3 Å². The lowest BCUT2D eigenvalue weighted by atomic mass is 10.2. The van der Waals surface area contributed by atoms with E-state index >= 15 is 0 Å². The number of anilines is 2. The SMILES string of the molecule is CON(C)c1ncnc2nc(N3CCC[C@@H]3C(=O)NCc3ccccc3)sc12. The molecule has 4 rings (SSSR count). The molecule has 1 N–H and O–H groups in total. The molecular formula is C19H22N6O2S. The van der Waals surface area contributed by atoms with Crippen LogP contribution in [0.4, 0.5) is 10.9 Å². The van der Waals surface area contributed by atoms with Gasteiger partial charge < -0.3 is 10.2 Å². The van der Waals surface area contributed by atoms with Crippen molar-refractivity contribution in [3.8, 4) is 0 Å². The number of hydrogen-bond acceptors (Lipinski definition) is 8. The number of benzene rings is 1. The van der Waals surface area contributed by atoms with E-state index in [0.717, 1.165) is 34.8 Å². The van der Waals surface area contributed by atoms with Crippen molar-refractivity contribution in [1.29, 1.82) is 0 Å². The lowest BCUT2D eigenvalue weighted by Crippen LogP contribution is -2.43. The first-order chi connectivity index (χ1) is 13.7. The van der Waals surface area contributed by atoms with Crippen LogP contribution in [0.1, 0.15) is 18.4 Å². The summed E-state index contributed by atoms with van der Waals surface area (Å²) in [6.07, 6.45) is 3.24. The van der Waals surface area contributed by atoms with E-state index in [2.05, 4.69) is 25.2 Å². The molecule has 1 fully saturated rings. The second kappa shape index (κ2) is 8.07. The van der Waals surface area contributed by atoms with Crippen molar-refractivity contribution in [1.82, 2.24) is 20.3 Å². The number of amides is 1. The molecule has 1 aliphatic rings. The standard InChI is InChI=1S/C19H22N6O2S/c1-24(27-2)17-15-16(21-12-22-17)23-19(28-15)25-10-6-9-14(25)18(26)20-11-13-7-4-3-5-8-13/h3-5,7-8,12,14H,6,9-11H2,1-2H3,(H,20,26)/t14-/m1/s1. The van der Waals surface area contributed by atoms with Crippen LogP contribution in [0.3, 0.4) is 0 Å². The molecule has 0 saturated carbocycles. The summed E-state index contributed by atoms with van der Waals surface area (Å²) in [5.41, 5.74) is 1.70. The minimum atomic E-state index is -0.221. The molecule has 0 spiro atoms. The molecule has 8 nitrogen and oxygen atoms in total. The second-order valence-electron chi connectivity index (χ2n) is 6.58. The molecule has 1 amide bonds. The minimum absolute atomic E-state index is 0.0286. The smallest absolute Gasteiger partial charge is 0.243 e. The van der Waals surface area contributed by atoms with Crippen LogP contribution in [0.5, 0.6) is 0 Å². The zero-order chi connectivity index (χ0) is 19.5. The van der Waals surface area contributed by atoms with E-state index in [1.54, 1.807) is 19.2 Å². The van der Waals surface area contributed by atoms with Gasteiger partial charge in [-0.3, -0.25) is 9.63 Å². The van der Waals surface area contributed by atoms with Gasteiger partial charge in [0.2, 0.25) is 5.91 Å². The highest BCUT2D eigenvalue weighted by molar-refractivity contribution is 7.22. The normalized spacial score (nSPS) is 16.5. The summed E-state index contributed by atoms with van der Waals surface area (Å²) in [7, 11) is 3.38. The Kier molecular flexibility index (Phi) is 5.36. The van der Waals surface area contributed by atoms with Gasteiger partial charge in [-0.2, -0.15) is 4.98 Å². The molecule has 0 unspecified atom stereocenters. The van der Waals surface area contributed by atoms with E-state index in [1.165, 1.54) is 17.7 Å². The molecule has 1 aromatic carbocycles. The van der Waals surface area contributed by atoms with Crippen LogP contribution in [0.25, 0.3) is 10.3 Å². The lowest BCUT2D eigenvalue weighted by molar-refractivity contribution is -0.122. The highest BCUT2D eigenvalue weighted by Gasteiger charge is 2.33. The van der Waals surface area contributed by atoms with E-state index in [9.17, 15) is 4.79 Å². The van der Waals surface area contributed by atoms with Gasteiger partial charge in [0.05, 0.1) is 7.11 Å². The van der Waals surface area contributed by atoms with Gasteiger partial charge >= 0.3 is 0 Å². The van der Waals surface area contributed by atoms with Crippen LogP contribution < -0.4 is 15.3 Å². The summed E-state index contributed by atoms with van der Waals surface area (Å²) in [6.45, 7) is 1.32. The molecule has 0 aliphatic carbocycles. The minimum Gasteiger partial charge on any atom is -0.350 e. The molecule has 146 valence electrons. The molecule has 0 bridgehead atoms. The lowest BCUT2D eigenvalue weighted by Gasteiger charge is -2.23. The maximum absolute atomic E-state index is 12.8. The van der Waals surface area contributed by atoms with E-state index in [-0.39, 0.29) is 11.9 Å².